The molecule has 0 aliphatic rings. The average Bonchev–Trinajstić information content (AvgIpc) is 2.80. The van der Waals surface area contributed by atoms with E-state index in [-0.39, 0.29) is 6.04 Å². The van der Waals surface area contributed by atoms with Gasteiger partial charge in [0.15, 0.2) is 0 Å². The van der Waals surface area contributed by atoms with Crippen molar-refractivity contribution in [1.29, 1.82) is 0 Å². The first-order valence-corrected chi connectivity index (χ1v) is 5.90. The number of hydrogen-bond acceptors (Lipinski definition) is 2. The summed E-state index contributed by atoms with van der Waals surface area (Å²) in [5, 5.41) is 3.23. The lowest BCUT2D eigenvalue weighted by Gasteiger charge is -2.15. The Hall–Kier alpha value is -1.68. The average molecular weight is 251 g/mol. The summed E-state index contributed by atoms with van der Waals surface area (Å²) in [4.78, 5) is 0. The predicted molar refractivity (Wildman–Crippen MR) is 65.2 cm³/mol. The monoisotopic (exact) mass is 251 g/mol. The van der Waals surface area contributed by atoms with Gasteiger partial charge in [-0.1, -0.05) is 6.92 Å². The first-order valence-electron chi connectivity index (χ1n) is 5.90. The van der Waals surface area contributed by atoms with Crippen molar-refractivity contribution >= 4 is 0 Å². The van der Waals surface area contributed by atoms with E-state index >= 15 is 0 Å². The molecule has 0 aliphatic carbocycles. The molecular formula is C14H15F2NO. The molecule has 2 aromatic rings. The summed E-state index contributed by atoms with van der Waals surface area (Å²) in [5.74, 6) is -0.346. The highest BCUT2D eigenvalue weighted by Gasteiger charge is 2.14. The zero-order chi connectivity index (χ0) is 13.0. The van der Waals surface area contributed by atoms with Crippen molar-refractivity contribution in [2.24, 2.45) is 0 Å². The van der Waals surface area contributed by atoms with Gasteiger partial charge in [0, 0.05) is 6.07 Å². The van der Waals surface area contributed by atoms with Gasteiger partial charge < -0.3 is 9.73 Å². The minimum absolute atomic E-state index is 0.0776. The lowest BCUT2D eigenvalue weighted by atomic mass is 10.0. The molecule has 1 atom stereocenters. The molecule has 0 bridgehead atoms. The summed E-state index contributed by atoms with van der Waals surface area (Å²) < 4.78 is 31.6. The standard InChI is InChI=1S/C14H15F2NO/c1-2-17-13(14-4-3-5-18-14)8-10-6-11(15)9-12(16)7-10/h3-7,9,13,17H,2,8H2,1H3. The molecule has 0 saturated carbocycles. The number of rotatable bonds is 5. The van der Waals surface area contributed by atoms with Crippen molar-refractivity contribution in [1.82, 2.24) is 5.32 Å². The highest BCUT2D eigenvalue weighted by atomic mass is 19.1. The number of halogens is 2. The van der Waals surface area contributed by atoms with E-state index in [1.54, 1.807) is 12.3 Å². The molecule has 0 radical (unpaired) electrons. The molecule has 0 saturated heterocycles. The summed E-state index contributed by atoms with van der Waals surface area (Å²) in [7, 11) is 0. The Labute approximate surface area is 105 Å². The fourth-order valence-corrected chi connectivity index (χ4v) is 1.97. The molecule has 1 aromatic carbocycles. The molecule has 0 fully saturated rings. The Balaban J connectivity index is 2.18. The third kappa shape index (κ3) is 3.17. The van der Waals surface area contributed by atoms with Gasteiger partial charge in [-0.25, -0.2) is 8.78 Å². The van der Waals surface area contributed by atoms with E-state index in [9.17, 15) is 8.78 Å². The molecule has 1 aromatic heterocycles. The van der Waals surface area contributed by atoms with Gasteiger partial charge in [0.05, 0.1) is 12.3 Å². The largest absolute Gasteiger partial charge is 0.468 e. The van der Waals surface area contributed by atoms with Gasteiger partial charge in [-0.15, -0.1) is 0 Å². The summed E-state index contributed by atoms with van der Waals surface area (Å²) in [5.41, 5.74) is 0.606. The second kappa shape index (κ2) is 5.78. The lowest BCUT2D eigenvalue weighted by molar-refractivity contribution is 0.415. The molecule has 0 aliphatic heterocycles. The molecule has 1 N–H and O–H groups in total. The van der Waals surface area contributed by atoms with E-state index in [1.807, 2.05) is 13.0 Å². The first-order chi connectivity index (χ1) is 8.69. The van der Waals surface area contributed by atoms with Gasteiger partial charge in [-0.05, 0) is 42.8 Å². The zero-order valence-electron chi connectivity index (χ0n) is 10.1. The van der Waals surface area contributed by atoms with Crippen molar-refractivity contribution < 1.29 is 13.2 Å². The fourth-order valence-electron chi connectivity index (χ4n) is 1.97. The van der Waals surface area contributed by atoms with Crippen molar-refractivity contribution in [3.05, 3.63) is 59.6 Å². The maximum Gasteiger partial charge on any atom is 0.126 e. The Kier molecular flexibility index (Phi) is 4.10. The van der Waals surface area contributed by atoms with Crippen molar-refractivity contribution in [2.75, 3.05) is 6.54 Å². The van der Waals surface area contributed by atoms with Crippen LogP contribution in [-0.2, 0) is 6.42 Å². The summed E-state index contributed by atoms with van der Waals surface area (Å²) in [6.45, 7) is 2.73. The number of nitrogens with one attached hydrogen (secondary N) is 1. The van der Waals surface area contributed by atoms with Crippen LogP contribution in [0, 0.1) is 11.6 Å². The second-order valence-corrected chi connectivity index (χ2v) is 4.11. The van der Waals surface area contributed by atoms with Gasteiger partial charge in [0.2, 0.25) is 0 Å². The molecule has 1 heterocycles. The Morgan fingerprint density at radius 2 is 1.94 bits per heavy atom. The minimum Gasteiger partial charge on any atom is -0.468 e. The van der Waals surface area contributed by atoms with E-state index in [0.717, 1.165) is 18.4 Å². The topological polar surface area (TPSA) is 25.2 Å². The van der Waals surface area contributed by atoms with E-state index in [2.05, 4.69) is 5.32 Å². The third-order valence-corrected chi connectivity index (χ3v) is 2.70. The summed E-state index contributed by atoms with van der Waals surface area (Å²) in [6, 6.07) is 7.13. The lowest BCUT2D eigenvalue weighted by Crippen LogP contribution is -2.22. The van der Waals surface area contributed by atoms with Crippen LogP contribution in [0.3, 0.4) is 0 Å². The van der Waals surface area contributed by atoms with Crippen LogP contribution < -0.4 is 5.32 Å². The smallest absolute Gasteiger partial charge is 0.126 e. The van der Waals surface area contributed by atoms with Crippen LogP contribution in [0.15, 0.2) is 41.0 Å². The number of furan rings is 1. The Morgan fingerprint density at radius 3 is 2.50 bits per heavy atom. The van der Waals surface area contributed by atoms with Crippen LogP contribution in [0.4, 0.5) is 8.78 Å². The van der Waals surface area contributed by atoms with Crippen LogP contribution in [0.2, 0.25) is 0 Å². The quantitative estimate of drug-likeness (QED) is 0.880. The maximum absolute atomic E-state index is 13.1. The molecule has 2 rings (SSSR count). The number of hydrogen-bond donors (Lipinski definition) is 1. The normalized spacial score (nSPS) is 12.6. The zero-order valence-corrected chi connectivity index (χ0v) is 10.1. The second-order valence-electron chi connectivity index (χ2n) is 4.11. The molecule has 1 unspecified atom stereocenters. The highest BCUT2D eigenvalue weighted by Crippen LogP contribution is 2.20. The molecule has 96 valence electrons. The number of benzene rings is 1. The van der Waals surface area contributed by atoms with Gasteiger partial charge in [0.25, 0.3) is 0 Å². The minimum atomic E-state index is -0.556. The predicted octanol–water partition coefficient (Wildman–Crippen LogP) is 3.45. The molecular weight excluding hydrogens is 236 g/mol. The van der Waals surface area contributed by atoms with Crippen LogP contribution in [0.5, 0.6) is 0 Å². The number of likely N-dealkylation sites (N-methyl/N-ethyl adjacent to an activating group) is 1. The van der Waals surface area contributed by atoms with Crippen LogP contribution in [-0.4, -0.2) is 6.54 Å². The summed E-state index contributed by atoms with van der Waals surface area (Å²) >= 11 is 0. The SMILES string of the molecule is CCNC(Cc1cc(F)cc(F)c1)c1ccco1. The van der Waals surface area contributed by atoms with Crippen LogP contribution in [0.25, 0.3) is 0 Å². The van der Waals surface area contributed by atoms with Crippen molar-refractivity contribution in [2.45, 2.75) is 19.4 Å². The Bertz CT molecular complexity index is 476. The third-order valence-electron chi connectivity index (χ3n) is 2.70. The van der Waals surface area contributed by atoms with Gasteiger partial charge in [0.1, 0.15) is 17.4 Å². The molecule has 2 nitrogen and oxygen atoms in total. The van der Waals surface area contributed by atoms with E-state index < -0.39 is 11.6 Å². The Morgan fingerprint density at radius 1 is 1.22 bits per heavy atom. The van der Waals surface area contributed by atoms with E-state index in [0.29, 0.717) is 12.0 Å². The van der Waals surface area contributed by atoms with E-state index in [1.165, 1.54) is 12.1 Å². The molecule has 4 heteroatoms. The summed E-state index contributed by atoms with van der Waals surface area (Å²) in [6.07, 6.45) is 2.07. The van der Waals surface area contributed by atoms with Crippen molar-refractivity contribution in [3.8, 4) is 0 Å². The van der Waals surface area contributed by atoms with Gasteiger partial charge >= 0.3 is 0 Å². The van der Waals surface area contributed by atoms with Crippen LogP contribution >= 0.6 is 0 Å². The molecule has 0 spiro atoms. The van der Waals surface area contributed by atoms with Gasteiger partial charge in [-0.3, -0.25) is 0 Å². The molecule has 0 amide bonds. The molecule has 18 heavy (non-hydrogen) atoms. The van der Waals surface area contributed by atoms with Crippen molar-refractivity contribution in [3.63, 3.8) is 0 Å². The highest BCUT2D eigenvalue weighted by molar-refractivity contribution is 5.20. The maximum atomic E-state index is 13.1. The fraction of sp³-hybridized carbons (Fsp3) is 0.286. The van der Waals surface area contributed by atoms with E-state index in [4.69, 9.17) is 4.42 Å². The first kappa shape index (κ1) is 12.8. The van der Waals surface area contributed by atoms with Gasteiger partial charge in [-0.2, -0.15) is 0 Å². The van der Waals surface area contributed by atoms with Crippen LogP contribution in [0.1, 0.15) is 24.3 Å².